The summed E-state index contributed by atoms with van der Waals surface area (Å²) in [4.78, 5) is 0. The molecule has 4 heteroatoms. The number of hydrogen-bond acceptors (Lipinski definition) is 3. The van der Waals surface area contributed by atoms with Crippen molar-refractivity contribution in [3.8, 4) is 0 Å². The Bertz CT molecular complexity index is 457. The van der Waals surface area contributed by atoms with Crippen LogP contribution in [0.3, 0.4) is 0 Å². The quantitative estimate of drug-likeness (QED) is 0.825. The van der Waals surface area contributed by atoms with E-state index in [1.165, 1.54) is 0 Å². The van der Waals surface area contributed by atoms with Gasteiger partial charge in [0.15, 0.2) is 5.82 Å². The van der Waals surface area contributed by atoms with E-state index in [1.54, 1.807) is 6.20 Å². The van der Waals surface area contributed by atoms with Gasteiger partial charge < -0.3 is 5.32 Å². The van der Waals surface area contributed by atoms with E-state index in [0.29, 0.717) is 5.82 Å². The molecule has 2 aromatic rings. The number of aromatic nitrogens is 2. The fraction of sp³-hybridized carbons (Fsp3) is 0.167. The summed E-state index contributed by atoms with van der Waals surface area (Å²) in [7, 11) is 0. The van der Waals surface area contributed by atoms with E-state index < -0.39 is 0 Å². The Labute approximate surface area is 99.5 Å². The summed E-state index contributed by atoms with van der Waals surface area (Å²) in [6.07, 6.45) is 1.64. The highest BCUT2D eigenvalue weighted by molar-refractivity contribution is 6.21. The number of anilines is 2. The molecule has 3 nitrogen and oxygen atoms in total. The van der Waals surface area contributed by atoms with Crippen molar-refractivity contribution < 1.29 is 0 Å². The van der Waals surface area contributed by atoms with Crippen LogP contribution in [0.2, 0.25) is 0 Å². The number of halogens is 1. The maximum absolute atomic E-state index is 6.10. The zero-order chi connectivity index (χ0) is 11.4. The van der Waals surface area contributed by atoms with Crippen molar-refractivity contribution in [2.45, 2.75) is 12.3 Å². The Morgan fingerprint density at radius 2 is 2.00 bits per heavy atom. The molecule has 0 aliphatic rings. The molecular weight excluding hydrogens is 222 g/mol. The van der Waals surface area contributed by atoms with Crippen LogP contribution in [0.1, 0.15) is 17.9 Å². The van der Waals surface area contributed by atoms with Gasteiger partial charge in [-0.15, -0.1) is 16.7 Å². The van der Waals surface area contributed by atoms with Crippen LogP contribution in [0.15, 0.2) is 42.6 Å². The SMILES string of the molecule is CC(Cl)c1ccccc1Nc1cccnn1. The summed E-state index contributed by atoms with van der Waals surface area (Å²) in [5.41, 5.74) is 2.01. The fourth-order valence-electron chi connectivity index (χ4n) is 1.46. The van der Waals surface area contributed by atoms with Crippen LogP contribution in [0.25, 0.3) is 0 Å². The second kappa shape index (κ2) is 4.94. The van der Waals surface area contributed by atoms with Crippen molar-refractivity contribution in [3.63, 3.8) is 0 Å². The molecule has 1 N–H and O–H groups in total. The third-order valence-corrected chi connectivity index (χ3v) is 2.46. The summed E-state index contributed by atoms with van der Waals surface area (Å²) in [5, 5.41) is 10.9. The molecule has 0 saturated carbocycles. The molecule has 1 aromatic carbocycles. The molecule has 0 radical (unpaired) electrons. The molecule has 0 aliphatic carbocycles. The molecule has 0 saturated heterocycles. The molecule has 1 aromatic heterocycles. The smallest absolute Gasteiger partial charge is 0.153 e. The summed E-state index contributed by atoms with van der Waals surface area (Å²) in [6, 6.07) is 11.6. The van der Waals surface area contributed by atoms with Gasteiger partial charge in [0.1, 0.15) is 0 Å². The lowest BCUT2D eigenvalue weighted by Gasteiger charge is -2.12. The van der Waals surface area contributed by atoms with E-state index in [9.17, 15) is 0 Å². The highest BCUT2D eigenvalue weighted by atomic mass is 35.5. The normalized spacial score (nSPS) is 12.1. The van der Waals surface area contributed by atoms with Crippen molar-refractivity contribution in [3.05, 3.63) is 48.2 Å². The zero-order valence-corrected chi connectivity index (χ0v) is 9.65. The highest BCUT2D eigenvalue weighted by Gasteiger charge is 2.07. The molecule has 82 valence electrons. The number of para-hydroxylation sites is 1. The van der Waals surface area contributed by atoms with Crippen molar-refractivity contribution >= 4 is 23.1 Å². The maximum atomic E-state index is 6.10. The molecule has 0 fully saturated rings. The summed E-state index contributed by atoms with van der Waals surface area (Å²) < 4.78 is 0. The molecule has 0 amide bonds. The second-order valence-corrected chi connectivity index (χ2v) is 4.09. The van der Waals surface area contributed by atoms with Crippen LogP contribution < -0.4 is 5.32 Å². The third-order valence-electron chi connectivity index (χ3n) is 2.22. The van der Waals surface area contributed by atoms with E-state index in [-0.39, 0.29) is 5.38 Å². The maximum Gasteiger partial charge on any atom is 0.153 e. The Kier molecular flexibility index (Phi) is 3.37. The predicted octanol–water partition coefficient (Wildman–Crippen LogP) is 3.52. The lowest BCUT2D eigenvalue weighted by molar-refractivity contribution is 1.03. The van der Waals surface area contributed by atoms with Crippen LogP contribution in [0.5, 0.6) is 0 Å². The minimum Gasteiger partial charge on any atom is -0.338 e. The monoisotopic (exact) mass is 233 g/mol. The van der Waals surface area contributed by atoms with E-state index in [2.05, 4.69) is 15.5 Å². The Balaban J connectivity index is 2.28. The van der Waals surface area contributed by atoms with E-state index >= 15 is 0 Å². The molecular formula is C12H12ClN3. The number of benzene rings is 1. The van der Waals surface area contributed by atoms with Gasteiger partial charge >= 0.3 is 0 Å². The number of hydrogen-bond donors (Lipinski definition) is 1. The first-order valence-electron chi connectivity index (χ1n) is 5.05. The largest absolute Gasteiger partial charge is 0.338 e. The van der Waals surface area contributed by atoms with Crippen molar-refractivity contribution in [2.75, 3.05) is 5.32 Å². The van der Waals surface area contributed by atoms with Crippen LogP contribution in [0.4, 0.5) is 11.5 Å². The van der Waals surface area contributed by atoms with Crippen molar-refractivity contribution in [1.29, 1.82) is 0 Å². The van der Waals surface area contributed by atoms with Gasteiger partial charge in [0.25, 0.3) is 0 Å². The van der Waals surface area contributed by atoms with Gasteiger partial charge in [-0.1, -0.05) is 18.2 Å². The first-order chi connectivity index (χ1) is 7.77. The van der Waals surface area contributed by atoms with Crippen LogP contribution in [-0.2, 0) is 0 Å². The van der Waals surface area contributed by atoms with Crippen LogP contribution >= 0.6 is 11.6 Å². The zero-order valence-electron chi connectivity index (χ0n) is 8.89. The summed E-state index contributed by atoms with van der Waals surface area (Å²) in [5.74, 6) is 0.715. The molecule has 0 aliphatic heterocycles. The second-order valence-electron chi connectivity index (χ2n) is 3.44. The molecule has 1 heterocycles. The van der Waals surface area contributed by atoms with Crippen LogP contribution in [0, 0.1) is 0 Å². The number of nitrogens with one attached hydrogen (secondary N) is 1. The Morgan fingerprint density at radius 1 is 1.19 bits per heavy atom. The average Bonchev–Trinajstić information content (AvgIpc) is 2.31. The highest BCUT2D eigenvalue weighted by Crippen LogP contribution is 2.28. The predicted molar refractivity (Wildman–Crippen MR) is 66.0 cm³/mol. The van der Waals surface area contributed by atoms with E-state index in [4.69, 9.17) is 11.6 Å². The Hall–Kier alpha value is -1.61. The van der Waals surface area contributed by atoms with Gasteiger partial charge in [0.05, 0.1) is 5.38 Å². The first kappa shape index (κ1) is 10.9. The first-order valence-corrected chi connectivity index (χ1v) is 5.49. The molecule has 1 atom stereocenters. The van der Waals surface area contributed by atoms with Gasteiger partial charge in [-0.3, -0.25) is 0 Å². The summed E-state index contributed by atoms with van der Waals surface area (Å²) >= 11 is 6.10. The van der Waals surface area contributed by atoms with Crippen molar-refractivity contribution in [1.82, 2.24) is 10.2 Å². The van der Waals surface area contributed by atoms with Crippen LogP contribution in [-0.4, -0.2) is 10.2 Å². The van der Waals surface area contributed by atoms with Gasteiger partial charge in [0, 0.05) is 11.9 Å². The van der Waals surface area contributed by atoms with Gasteiger partial charge in [-0.25, -0.2) is 0 Å². The lowest BCUT2D eigenvalue weighted by atomic mass is 10.1. The molecule has 0 bridgehead atoms. The lowest BCUT2D eigenvalue weighted by Crippen LogP contribution is -1.98. The van der Waals surface area contributed by atoms with E-state index in [1.807, 2.05) is 43.3 Å². The number of alkyl halides is 1. The summed E-state index contributed by atoms with van der Waals surface area (Å²) in [6.45, 7) is 1.94. The minimum atomic E-state index is -0.0413. The third kappa shape index (κ3) is 2.49. The topological polar surface area (TPSA) is 37.8 Å². The van der Waals surface area contributed by atoms with Gasteiger partial charge in [0.2, 0.25) is 0 Å². The average molecular weight is 234 g/mol. The van der Waals surface area contributed by atoms with E-state index in [0.717, 1.165) is 11.3 Å². The number of nitrogens with zero attached hydrogens (tertiary/aromatic N) is 2. The van der Waals surface area contributed by atoms with Gasteiger partial charge in [-0.05, 0) is 30.7 Å². The minimum absolute atomic E-state index is 0.0413. The Morgan fingerprint density at radius 3 is 2.69 bits per heavy atom. The van der Waals surface area contributed by atoms with Gasteiger partial charge in [-0.2, -0.15) is 5.10 Å². The molecule has 16 heavy (non-hydrogen) atoms. The molecule has 1 unspecified atom stereocenters. The standard InChI is InChI=1S/C12H12ClN3/c1-9(13)10-5-2-3-6-11(10)15-12-7-4-8-14-16-12/h2-9H,1H3,(H,15,16). The van der Waals surface area contributed by atoms with Crippen molar-refractivity contribution in [2.24, 2.45) is 0 Å². The molecule has 0 spiro atoms. The fourth-order valence-corrected chi connectivity index (χ4v) is 1.65. The number of rotatable bonds is 3. The molecule has 2 rings (SSSR count).